The number of hydrogen-bond donors (Lipinski definition) is 0. The molecule has 0 amide bonds. The van der Waals surface area contributed by atoms with Gasteiger partial charge in [0.05, 0.1) is 0 Å². The van der Waals surface area contributed by atoms with E-state index in [2.05, 4.69) is 60.6 Å². The summed E-state index contributed by atoms with van der Waals surface area (Å²) in [5.41, 5.74) is 3.60. The number of nitrogens with zero attached hydrogens (tertiary/aromatic N) is 3. The molecule has 4 heteroatoms. The van der Waals surface area contributed by atoms with E-state index in [1.807, 2.05) is 6.07 Å². The second-order valence-electron chi connectivity index (χ2n) is 10.7. The highest BCUT2D eigenvalue weighted by molar-refractivity contribution is 5.79. The van der Waals surface area contributed by atoms with Gasteiger partial charge in [0.1, 0.15) is 6.29 Å². The number of hydrogen-bond acceptors (Lipinski definition) is 4. The summed E-state index contributed by atoms with van der Waals surface area (Å²) in [7, 11) is 6.55. The first-order valence-electron chi connectivity index (χ1n) is 13.3. The summed E-state index contributed by atoms with van der Waals surface area (Å²) in [6.45, 7) is 8.63. The van der Waals surface area contributed by atoms with E-state index in [9.17, 15) is 4.79 Å². The van der Waals surface area contributed by atoms with Gasteiger partial charge in [0.2, 0.25) is 0 Å². The Morgan fingerprint density at radius 2 is 1.70 bits per heavy atom. The third-order valence-electron chi connectivity index (χ3n) is 7.82. The van der Waals surface area contributed by atoms with Crippen LogP contribution in [0.4, 0.5) is 5.69 Å². The zero-order valence-corrected chi connectivity index (χ0v) is 21.5. The number of unbranched alkanes of at least 4 members (excludes halogenated alkanes) is 1. The van der Waals surface area contributed by atoms with Gasteiger partial charge in [-0.05, 0) is 96.8 Å². The summed E-state index contributed by atoms with van der Waals surface area (Å²) < 4.78 is 0. The largest absolute Gasteiger partial charge is 0.367 e. The van der Waals surface area contributed by atoms with Crippen LogP contribution in [0.25, 0.3) is 0 Å². The first-order valence-corrected chi connectivity index (χ1v) is 13.3. The molecule has 1 aromatic rings. The first-order chi connectivity index (χ1) is 16.0. The Labute approximate surface area is 203 Å². The van der Waals surface area contributed by atoms with Crippen LogP contribution in [0.1, 0.15) is 86.0 Å². The van der Waals surface area contributed by atoms with Gasteiger partial charge >= 0.3 is 0 Å². The smallest absolute Gasteiger partial charge is 0.150 e. The molecule has 0 aromatic heterocycles. The molecule has 0 spiro atoms. The van der Waals surface area contributed by atoms with E-state index in [-0.39, 0.29) is 0 Å². The molecule has 1 aliphatic carbocycles. The zero-order valence-electron chi connectivity index (χ0n) is 21.5. The number of carbonyl (C=O) groups excluding carboxylic acids is 1. The van der Waals surface area contributed by atoms with Gasteiger partial charge < -0.3 is 14.7 Å². The average Bonchev–Trinajstić information content (AvgIpc) is 2.95. The fourth-order valence-corrected chi connectivity index (χ4v) is 6.15. The molecule has 1 aromatic carbocycles. The standard InChI is InChI=1S/C29H47N3O/c1-5-13-27-29(25-14-8-6-7-9-15-25)26-17-16-24(23-33)22-28(26)32(27)21-12-20-31(4)19-11-10-18-30(2)3/h5,16-17,22-23,25,27,29H,1,6-15,18-21H2,2-4H3. The number of anilines is 1. The van der Waals surface area contributed by atoms with E-state index in [0.29, 0.717) is 12.0 Å². The third kappa shape index (κ3) is 7.16. The Kier molecular flexibility index (Phi) is 10.5. The molecule has 2 aliphatic rings. The Balaban J connectivity index is 1.69. The van der Waals surface area contributed by atoms with Crippen LogP contribution in [0, 0.1) is 5.92 Å². The van der Waals surface area contributed by atoms with Crippen molar-refractivity contribution in [2.24, 2.45) is 5.92 Å². The quantitative estimate of drug-likeness (QED) is 0.159. The van der Waals surface area contributed by atoms with E-state index in [1.54, 1.807) is 0 Å². The molecule has 1 fully saturated rings. The summed E-state index contributed by atoms with van der Waals surface area (Å²) in [6.07, 6.45) is 16.0. The fourth-order valence-electron chi connectivity index (χ4n) is 6.15. The molecule has 4 nitrogen and oxygen atoms in total. The predicted octanol–water partition coefficient (Wildman–Crippen LogP) is 5.98. The second kappa shape index (κ2) is 13.3. The van der Waals surface area contributed by atoms with Crippen molar-refractivity contribution >= 4 is 12.0 Å². The minimum Gasteiger partial charge on any atom is -0.367 e. The lowest BCUT2D eigenvalue weighted by Gasteiger charge is -2.34. The maximum Gasteiger partial charge on any atom is 0.150 e. The minimum absolute atomic E-state index is 0.480. The van der Waals surface area contributed by atoms with E-state index < -0.39 is 0 Å². The van der Waals surface area contributed by atoms with Crippen molar-refractivity contribution in [3.63, 3.8) is 0 Å². The molecule has 1 heterocycles. The van der Waals surface area contributed by atoms with Gasteiger partial charge in [-0.25, -0.2) is 0 Å². The first kappa shape index (κ1) is 26.0. The predicted molar refractivity (Wildman–Crippen MR) is 142 cm³/mol. The molecule has 0 saturated heterocycles. The normalized spacial score (nSPS) is 21.4. The van der Waals surface area contributed by atoms with Crippen LogP contribution in [0.2, 0.25) is 0 Å². The summed E-state index contributed by atoms with van der Waals surface area (Å²) in [5, 5.41) is 0. The minimum atomic E-state index is 0.480. The Bertz CT molecular complexity index is 738. The molecule has 1 aliphatic heterocycles. The highest BCUT2D eigenvalue weighted by Gasteiger charge is 2.41. The third-order valence-corrected chi connectivity index (χ3v) is 7.82. The van der Waals surface area contributed by atoms with Crippen molar-refractivity contribution in [3.05, 3.63) is 42.0 Å². The second-order valence-corrected chi connectivity index (χ2v) is 10.7. The molecule has 33 heavy (non-hydrogen) atoms. The lowest BCUT2D eigenvalue weighted by molar-refractivity contribution is 0.112. The zero-order chi connectivity index (χ0) is 23.6. The Hall–Kier alpha value is -1.65. The van der Waals surface area contributed by atoms with Gasteiger partial charge in [0, 0.05) is 29.8 Å². The molecular formula is C29H47N3O. The average molecular weight is 454 g/mol. The number of benzene rings is 1. The van der Waals surface area contributed by atoms with Crippen LogP contribution < -0.4 is 4.90 Å². The fraction of sp³-hybridized carbons (Fsp3) is 0.690. The maximum atomic E-state index is 11.6. The van der Waals surface area contributed by atoms with Crippen molar-refractivity contribution in [2.45, 2.75) is 76.2 Å². The molecule has 0 bridgehead atoms. The highest BCUT2D eigenvalue weighted by atomic mass is 16.1. The summed E-state index contributed by atoms with van der Waals surface area (Å²) in [4.78, 5) is 19.0. The van der Waals surface area contributed by atoms with E-state index in [0.717, 1.165) is 43.7 Å². The van der Waals surface area contributed by atoms with Crippen molar-refractivity contribution in [2.75, 3.05) is 52.2 Å². The van der Waals surface area contributed by atoms with Crippen molar-refractivity contribution < 1.29 is 4.79 Å². The summed E-state index contributed by atoms with van der Waals surface area (Å²) >= 11 is 0. The topological polar surface area (TPSA) is 26.8 Å². The van der Waals surface area contributed by atoms with E-state index in [1.165, 1.54) is 75.7 Å². The summed E-state index contributed by atoms with van der Waals surface area (Å²) in [6, 6.07) is 6.93. The van der Waals surface area contributed by atoms with Gasteiger partial charge in [0.15, 0.2) is 0 Å². The Morgan fingerprint density at radius 3 is 2.36 bits per heavy atom. The SMILES string of the molecule is C=CCC1C(C2CCCCCC2)c2ccc(C=O)cc2N1CCCN(C)CCCCN(C)C. The monoisotopic (exact) mass is 453 g/mol. The van der Waals surface area contributed by atoms with E-state index in [4.69, 9.17) is 0 Å². The lowest BCUT2D eigenvalue weighted by atomic mass is 9.77. The van der Waals surface area contributed by atoms with Crippen LogP contribution in [0.5, 0.6) is 0 Å². The molecule has 1 saturated carbocycles. The number of rotatable bonds is 13. The van der Waals surface area contributed by atoms with Gasteiger partial charge in [0.25, 0.3) is 0 Å². The molecule has 2 unspecified atom stereocenters. The van der Waals surface area contributed by atoms with Gasteiger partial charge in [-0.1, -0.05) is 43.9 Å². The van der Waals surface area contributed by atoms with Crippen molar-refractivity contribution in [3.8, 4) is 0 Å². The summed E-state index contributed by atoms with van der Waals surface area (Å²) in [5.74, 6) is 1.32. The van der Waals surface area contributed by atoms with Crippen LogP contribution in [-0.4, -0.2) is 69.4 Å². The van der Waals surface area contributed by atoms with Crippen molar-refractivity contribution in [1.29, 1.82) is 0 Å². The Morgan fingerprint density at radius 1 is 1.00 bits per heavy atom. The molecule has 0 radical (unpaired) electrons. The lowest BCUT2D eigenvalue weighted by Crippen LogP contribution is -2.38. The molecule has 0 N–H and O–H groups in total. The van der Waals surface area contributed by atoms with E-state index >= 15 is 0 Å². The van der Waals surface area contributed by atoms with Crippen LogP contribution in [0.3, 0.4) is 0 Å². The molecule has 184 valence electrons. The molecule has 3 rings (SSSR count). The maximum absolute atomic E-state index is 11.6. The molecular weight excluding hydrogens is 406 g/mol. The number of aldehydes is 1. The van der Waals surface area contributed by atoms with Crippen LogP contribution >= 0.6 is 0 Å². The van der Waals surface area contributed by atoms with Crippen LogP contribution in [0.15, 0.2) is 30.9 Å². The van der Waals surface area contributed by atoms with Crippen molar-refractivity contribution in [1.82, 2.24) is 9.80 Å². The van der Waals surface area contributed by atoms with Gasteiger partial charge in [-0.15, -0.1) is 6.58 Å². The number of carbonyl (C=O) groups is 1. The van der Waals surface area contributed by atoms with Gasteiger partial charge in [-0.3, -0.25) is 4.79 Å². The van der Waals surface area contributed by atoms with Crippen LogP contribution in [-0.2, 0) is 0 Å². The molecule has 2 atom stereocenters. The number of fused-ring (bicyclic) bond motifs is 1. The van der Waals surface area contributed by atoms with Gasteiger partial charge in [-0.2, -0.15) is 0 Å². The highest BCUT2D eigenvalue weighted by Crippen LogP contribution is 2.49.